The number of hydrogen-bond donors (Lipinski definition) is 1. The topological polar surface area (TPSA) is 82.7 Å². The third kappa shape index (κ3) is 4.92. The van der Waals surface area contributed by atoms with Crippen LogP contribution in [0.15, 0.2) is 63.7 Å². The fourth-order valence-corrected chi connectivity index (χ4v) is 5.45. The monoisotopic (exact) mass is 566 g/mol. The molecule has 1 N–H and O–H groups in total. The second-order valence-electron chi connectivity index (χ2n) is 10.2. The molecule has 1 aliphatic heterocycles. The van der Waals surface area contributed by atoms with Crippen LogP contribution in [0.5, 0.6) is 0 Å². The Hall–Kier alpha value is -3.46. The Morgan fingerprint density at radius 3 is 2.27 bits per heavy atom. The minimum absolute atomic E-state index is 0.0784. The highest BCUT2D eigenvalue weighted by atomic mass is 79.9. The van der Waals surface area contributed by atoms with Gasteiger partial charge in [0.15, 0.2) is 0 Å². The highest BCUT2D eigenvalue weighted by Crippen LogP contribution is 2.44. The first-order valence-corrected chi connectivity index (χ1v) is 13.0. The fraction of sp³-hybridized carbons (Fsp3) is 0.321. The van der Waals surface area contributed by atoms with Crippen molar-refractivity contribution in [1.29, 1.82) is 0 Å². The van der Waals surface area contributed by atoms with Crippen LogP contribution in [0.25, 0.3) is 33.6 Å². The van der Waals surface area contributed by atoms with Crippen molar-refractivity contribution in [2.24, 2.45) is 0 Å². The SMILES string of the molecule is CC(C)(C)N(C(=O)O)C1CCN(c2ncnc3oc(-c4ccc(Br)cc4)c(-c4ccc(F)cc4)c23)CC1. The van der Waals surface area contributed by atoms with Gasteiger partial charge in [0, 0.05) is 40.3 Å². The van der Waals surface area contributed by atoms with Crippen LogP contribution in [-0.2, 0) is 0 Å². The lowest BCUT2D eigenvalue weighted by atomic mass is 9.96. The quantitative estimate of drug-likeness (QED) is 0.281. The lowest BCUT2D eigenvalue weighted by Gasteiger charge is -2.43. The Balaban J connectivity index is 1.58. The maximum Gasteiger partial charge on any atom is 0.407 e. The van der Waals surface area contributed by atoms with E-state index in [1.165, 1.54) is 18.5 Å². The predicted octanol–water partition coefficient (Wildman–Crippen LogP) is 7.21. The molecule has 4 aromatic rings. The third-order valence-corrected chi connectivity index (χ3v) is 7.29. The van der Waals surface area contributed by atoms with Gasteiger partial charge in [-0.1, -0.05) is 40.2 Å². The zero-order chi connectivity index (χ0) is 26.3. The maximum atomic E-state index is 13.8. The summed E-state index contributed by atoms with van der Waals surface area (Å²) in [5, 5.41) is 10.6. The van der Waals surface area contributed by atoms with E-state index in [2.05, 4.69) is 30.8 Å². The summed E-state index contributed by atoms with van der Waals surface area (Å²) in [6, 6.07) is 14.1. The van der Waals surface area contributed by atoms with Gasteiger partial charge in [-0.15, -0.1) is 0 Å². The van der Waals surface area contributed by atoms with Crippen molar-refractivity contribution in [1.82, 2.24) is 14.9 Å². The van der Waals surface area contributed by atoms with Crippen LogP contribution < -0.4 is 4.90 Å². The van der Waals surface area contributed by atoms with Gasteiger partial charge in [0.2, 0.25) is 5.71 Å². The van der Waals surface area contributed by atoms with Gasteiger partial charge in [0.25, 0.3) is 0 Å². The lowest BCUT2D eigenvalue weighted by molar-refractivity contribution is 0.0616. The van der Waals surface area contributed by atoms with E-state index in [0.717, 1.165) is 32.4 Å². The highest BCUT2D eigenvalue weighted by molar-refractivity contribution is 9.10. The molecule has 192 valence electrons. The molecule has 2 aromatic carbocycles. The Bertz CT molecular complexity index is 1420. The van der Waals surface area contributed by atoms with E-state index < -0.39 is 11.6 Å². The minimum atomic E-state index is -0.900. The molecule has 0 atom stereocenters. The standard InChI is InChI=1S/C28H28BrFN4O3/c1-28(2,3)34(27(35)36)21-12-14-33(15-13-21)25-23-22(17-6-10-20(30)11-7-17)24(37-26(23)32-16-31-25)18-4-8-19(29)9-5-18/h4-11,16,21H,12-15H2,1-3H3,(H,35,36). The number of carboxylic acid groups (broad SMARTS) is 1. The number of aromatic nitrogens is 2. The molecule has 3 heterocycles. The van der Waals surface area contributed by atoms with E-state index in [1.807, 2.05) is 45.0 Å². The molecule has 1 aliphatic rings. The number of carbonyl (C=O) groups is 1. The van der Waals surface area contributed by atoms with Crippen molar-refractivity contribution < 1.29 is 18.7 Å². The van der Waals surface area contributed by atoms with Gasteiger partial charge < -0.3 is 19.3 Å². The van der Waals surface area contributed by atoms with Crippen molar-refractivity contribution >= 4 is 38.9 Å². The predicted molar refractivity (Wildman–Crippen MR) is 145 cm³/mol. The first-order valence-electron chi connectivity index (χ1n) is 12.2. The van der Waals surface area contributed by atoms with Crippen LogP contribution in [-0.4, -0.2) is 50.7 Å². The van der Waals surface area contributed by atoms with E-state index in [1.54, 1.807) is 17.0 Å². The van der Waals surface area contributed by atoms with Crippen molar-refractivity contribution in [2.45, 2.75) is 45.2 Å². The van der Waals surface area contributed by atoms with E-state index in [4.69, 9.17) is 4.42 Å². The summed E-state index contributed by atoms with van der Waals surface area (Å²) in [6.45, 7) is 7.04. The van der Waals surface area contributed by atoms with E-state index in [9.17, 15) is 14.3 Å². The second kappa shape index (κ2) is 9.78. The van der Waals surface area contributed by atoms with Crippen LogP contribution in [0, 0.1) is 5.82 Å². The number of nitrogens with zero attached hydrogens (tertiary/aromatic N) is 4. The third-order valence-electron chi connectivity index (χ3n) is 6.77. The van der Waals surface area contributed by atoms with Gasteiger partial charge in [-0.3, -0.25) is 0 Å². The minimum Gasteiger partial charge on any atom is -0.465 e. The number of furan rings is 1. The molecule has 9 heteroatoms. The molecule has 5 rings (SSSR count). The molecule has 0 aliphatic carbocycles. The first-order chi connectivity index (χ1) is 17.6. The molecule has 0 radical (unpaired) electrons. The molecule has 2 aromatic heterocycles. The molecular formula is C28H28BrFN4O3. The normalized spacial score (nSPS) is 14.8. The Morgan fingerprint density at radius 1 is 1.05 bits per heavy atom. The summed E-state index contributed by atoms with van der Waals surface area (Å²) in [4.78, 5) is 24.8. The molecule has 37 heavy (non-hydrogen) atoms. The fourth-order valence-electron chi connectivity index (χ4n) is 5.18. The van der Waals surface area contributed by atoms with Gasteiger partial charge >= 0.3 is 6.09 Å². The number of hydrogen-bond acceptors (Lipinski definition) is 5. The van der Waals surface area contributed by atoms with E-state index >= 15 is 0 Å². The van der Waals surface area contributed by atoms with Crippen molar-refractivity contribution in [3.63, 3.8) is 0 Å². The number of piperidine rings is 1. The van der Waals surface area contributed by atoms with Gasteiger partial charge in [-0.25, -0.2) is 19.2 Å². The maximum absolute atomic E-state index is 13.8. The Labute approximate surface area is 223 Å². The van der Waals surface area contributed by atoms with Crippen molar-refractivity contribution in [2.75, 3.05) is 18.0 Å². The first kappa shape index (κ1) is 25.2. The van der Waals surface area contributed by atoms with E-state index in [0.29, 0.717) is 37.4 Å². The number of rotatable bonds is 4. The van der Waals surface area contributed by atoms with Crippen molar-refractivity contribution in [3.05, 3.63) is 65.1 Å². The van der Waals surface area contributed by atoms with Crippen LogP contribution in [0.1, 0.15) is 33.6 Å². The number of anilines is 1. The van der Waals surface area contributed by atoms with Gasteiger partial charge in [0.1, 0.15) is 23.7 Å². The largest absolute Gasteiger partial charge is 0.465 e. The van der Waals surface area contributed by atoms with Crippen LogP contribution >= 0.6 is 15.9 Å². The summed E-state index contributed by atoms with van der Waals surface area (Å²) < 4.78 is 21.1. The zero-order valence-electron chi connectivity index (χ0n) is 20.9. The molecular weight excluding hydrogens is 539 g/mol. The Kier molecular flexibility index (Phi) is 6.66. The smallest absolute Gasteiger partial charge is 0.407 e. The molecule has 0 spiro atoms. The van der Waals surface area contributed by atoms with Gasteiger partial charge in [-0.2, -0.15) is 0 Å². The van der Waals surface area contributed by atoms with Crippen LogP contribution in [0.2, 0.25) is 0 Å². The molecule has 0 unspecified atom stereocenters. The number of benzene rings is 2. The molecule has 1 saturated heterocycles. The number of fused-ring (bicyclic) bond motifs is 1. The molecule has 1 amide bonds. The summed E-state index contributed by atoms with van der Waals surface area (Å²) in [5.74, 6) is 1.05. The summed E-state index contributed by atoms with van der Waals surface area (Å²) >= 11 is 3.48. The molecule has 0 saturated carbocycles. The van der Waals surface area contributed by atoms with Crippen molar-refractivity contribution in [3.8, 4) is 22.5 Å². The average molecular weight is 567 g/mol. The van der Waals surface area contributed by atoms with E-state index in [-0.39, 0.29) is 11.9 Å². The van der Waals surface area contributed by atoms with Crippen LogP contribution in [0.4, 0.5) is 15.0 Å². The second-order valence-corrected chi connectivity index (χ2v) is 11.2. The van der Waals surface area contributed by atoms with Gasteiger partial charge in [0.05, 0.1) is 5.39 Å². The number of amides is 1. The molecule has 7 nitrogen and oxygen atoms in total. The summed E-state index contributed by atoms with van der Waals surface area (Å²) in [5.41, 5.74) is 2.44. The summed E-state index contributed by atoms with van der Waals surface area (Å²) in [7, 11) is 0. The molecule has 1 fully saturated rings. The Morgan fingerprint density at radius 2 is 1.68 bits per heavy atom. The lowest BCUT2D eigenvalue weighted by Crippen LogP contribution is -2.54. The van der Waals surface area contributed by atoms with Gasteiger partial charge in [-0.05, 0) is 63.4 Å². The molecule has 0 bridgehead atoms. The highest BCUT2D eigenvalue weighted by Gasteiger charge is 2.36. The summed E-state index contributed by atoms with van der Waals surface area (Å²) in [6.07, 6.45) is 1.95. The average Bonchev–Trinajstić information content (AvgIpc) is 3.24. The number of halogens is 2. The van der Waals surface area contributed by atoms with Crippen LogP contribution in [0.3, 0.4) is 0 Å². The zero-order valence-corrected chi connectivity index (χ0v) is 22.5.